The van der Waals surface area contributed by atoms with Crippen molar-refractivity contribution in [3.8, 4) is 0 Å². The van der Waals surface area contributed by atoms with Gasteiger partial charge >= 0.3 is 0 Å². The van der Waals surface area contributed by atoms with E-state index in [1.165, 1.54) is 0 Å². The van der Waals surface area contributed by atoms with E-state index in [1.807, 2.05) is 0 Å². The number of hydrogen-bond donors (Lipinski definition) is 1. The SMILES string of the molecule is CN(CCN)C(=O)CC1CCCO1. The van der Waals surface area contributed by atoms with Gasteiger partial charge in [0.1, 0.15) is 0 Å². The van der Waals surface area contributed by atoms with Gasteiger partial charge in [-0.2, -0.15) is 0 Å². The molecule has 1 heterocycles. The van der Waals surface area contributed by atoms with Crippen LogP contribution in [0, 0.1) is 0 Å². The van der Waals surface area contributed by atoms with Crippen LogP contribution >= 0.6 is 0 Å². The Hall–Kier alpha value is -0.610. The Morgan fingerprint density at radius 1 is 1.69 bits per heavy atom. The zero-order valence-corrected chi connectivity index (χ0v) is 8.16. The van der Waals surface area contributed by atoms with E-state index in [-0.39, 0.29) is 12.0 Å². The van der Waals surface area contributed by atoms with Gasteiger partial charge in [-0.05, 0) is 12.8 Å². The molecule has 76 valence electrons. The molecule has 0 aromatic carbocycles. The molecule has 0 radical (unpaired) electrons. The van der Waals surface area contributed by atoms with Gasteiger partial charge in [-0.25, -0.2) is 0 Å². The van der Waals surface area contributed by atoms with E-state index in [9.17, 15) is 4.79 Å². The first-order valence-electron chi connectivity index (χ1n) is 4.79. The maximum Gasteiger partial charge on any atom is 0.224 e. The van der Waals surface area contributed by atoms with Crippen LogP contribution < -0.4 is 5.73 Å². The van der Waals surface area contributed by atoms with Gasteiger partial charge in [0.05, 0.1) is 12.5 Å². The van der Waals surface area contributed by atoms with E-state index in [0.29, 0.717) is 19.5 Å². The van der Waals surface area contributed by atoms with Gasteiger partial charge in [-0.3, -0.25) is 4.79 Å². The summed E-state index contributed by atoms with van der Waals surface area (Å²) < 4.78 is 5.37. The van der Waals surface area contributed by atoms with Gasteiger partial charge < -0.3 is 15.4 Å². The van der Waals surface area contributed by atoms with Crippen LogP contribution in [0.25, 0.3) is 0 Å². The Bertz CT molecular complexity index is 167. The molecule has 0 aromatic rings. The highest BCUT2D eigenvalue weighted by Gasteiger charge is 2.20. The second-order valence-corrected chi connectivity index (χ2v) is 3.44. The summed E-state index contributed by atoms with van der Waals surface area (Å²) in [6.07, 6.45) is 2.75. The van der Waals surface area contributed by atoms with Crippen molar-refractivity contribution in [3.05, 3.63) is 0 Å². The zero-order chi connectivity index (χ0) is 9.68. The maximum atomic E-state index is 11.5. The molecule has 1 saturated heterocycles. The quantitative estimate of drug-likeness (QED) is 0.671. The first-order chi connectivity index (χ1) is 6.24. The Balaban J connectivity index is 2.22. The molecule has 1 amide bonds. The van der Waals surface area contributed by atoms with Crippen molar-refractivity contribution in [3.63, 3.8) is 0 Å². The molecule has 4 heteroatoms. The predicted octanol–water partition coefficient (Wildman–Crippen LogP) is -0.0274. The summed E-state index contributed by atoms with van der Waals surface area (Å²) in [7, 11) is 1.78. The van der Waals surface area contributed by atoms with Crippen LogP contribution in [0.5, 0.6) is 0 Å². The Kier molecular flexibility index (Phi) is 4.18. The average Bonchev–Trinajstić information content (AvgIpc) is 2.57. The molecule has 2 N–H and O–H groups in total. The lowest BCUT2D eigenvalue weighted by atomic mass is 10.1. The summed E-state index contributed by atoms with van der Waals surface area (Å²) in [5.74, 6) is 0.136. The standard InChI is InChI=1S/C9H18N2O2/c1-11(5-4-10)9(12)7-8-3-2-6-13-8/h8H,2-7,10H2,1H3. The van der Waals surface area contributed by atoms with Crippen LogP contribution in [0.15, 0.2) is 0 Å². The number of amides is 1. The third-order valence-corrected chi connectivity index (χ3v) is 2.32. The number of likely N-dealkylation sites (N-methyl/N-ethyl adjacent to an activating group) is 1. The molecule has 1 unspecified atom stereocenters. The van der Waals surface area contributed by atoms with Crippen molar-refractivity contribution in [2.75, 3.05) is 26.7 Å². The van der Waals surface area contributed by atoms with Crippen molar-refractivity contribution in [2.45, 2.75) is 25.4 Å². The molecule has 1 aliphatic rings. The highest BCUT2D eigenvalue weighted by molar-refractivity contribution is 5.76. The Labute approximate surface area is 79.0 Å². The number of nitrogens with zero attached hydrogens (tertiary/aromatic N) is 1. The summed E-state index contributed by atoms with van der Waals surface area (Å²) in [6, 6.07) is 0. The number of ether oxygens (including phenoxy) is 1. The molecule has 0 saturated carbocycles. The van der Waals surface area contributed by atoms with E-state index in [2.05, 4.69) is 0 Å². The number of carbonyl (C=O) groups excluding carboxylic acids is 1. The molecule has 4 nitrogen and oxygen atoms in total. The number of nitrogens with two attached hydrogens (primary N) is 1. The fourth-order valence-electron chi connectivity index (χ4n) is 1.47. The summed E-state index contributed by atoms with van der Waals surface area (Å²) in [5, 5.41) is 0. The lowest BCUT2D eigenvalue weighted by molar-refractivity contribution is -0.132. The molecular weight excluding hydrogens is 168 g/mol. The van der Waals surface area contributed by atoms with E-state index in [1.54, 1.807) is 11.9 Å². The second kappa shape index (κ2) is 5.19. The monoisotopic (exact) mass is 186 g/mol. The van der Waals surface area contributed by atoms with Crippen LogP contribution in [-0.4, -0.2) is 43.7 Å². The third kappa shape index (κ3) is 3.32. The average molecular weight is 186 g/mol. The molecule has 0 spiro atoms. The minimum atomic E-state index is 0.136. The van der Waals surface area contributed by atoms with Crippen molar-refractivity contribution in [1.29, 1.82) is 0 Å². The van der Waals surface area contributed by atoms with E-state index >= 15 is 0 Å². The first-order valence-corrected chi connectivity index (χ1v) is 4.79. The predicted molar refractivity (Wildman–Crippen MR) is 50.3 cm³/mol. The molecule has 1 fully saturated rings. The molecule has 1 rings (SSSR count). The molecule has 0 bridgehead atoms. The fraction of sp³-hybridized carbons (Fsp3) is 0.889. The van der Waals surface area contributed by atoms with Gasteiger partial charge in [-0.15, -0.1) is 0 Å². The fourth-order valence-corrected chi connectivity index (χ4v) is 1.47. The van der Waals surface area contributed by atoms with Gasteiger partial charge in [0.15, 0.2) is 0 Å². The summed E-state index contributed by atoms with van der Waals surface area (Å²) in [4.78, 5) is 13.1. The topological polar surface area (TPSA) is 55.6 Å². The molecular formula is C9H18N2O2. The highest BCUT2D eigenvalue weighted by Crippen LogP contribution is 2.15. The van der Waals surface area contributed by atoms with Crippen LogP contribution in [0.1, 0.15) is 19.3 Å². The summed E-state index contributed by atoms with van der Waals surface area (Å²) >= 11 is 0. The second-order valence-electron chi connectivity index (χ2n) is 3.44. The Morgan fingerprint density at radius 3 is 3.00 bits per heavy atom. The van der Waals surface area contributed by atoms with Crippen LogP contribution in [0.4, 0.5) is 0 Å². The minimum Gasteiger partial charge on any atom is -0.378 e. The largest absolute Gasteiger partial charge is 0.378 e. The number of carbonyl (C=O) groups is 1. The summed E-state index contributed by atoms with van der Waals surface area (Å²) in [6.45, 7) is 1.96. The lowest BCUT2D eigenvalue weighted by Gasteiger charge is -2.17. The zero-order valence-electron chi connectivity index (χ0n) is 8.16. The van der Waals surface area contributed by atoms with Crippen molar-refractivity contribution < 1.29 is 9.53 Å². The highest BCUT2D eigenvalue weighted by atomic mass is 16.5. The van der Waals surface area contributed by atoms with Gasteiger partial charge in [0.25, 0.3) is 0 Å². The van der Waals surface area contributed by atoms with Gasteiger partial charge in [0, 0.05) is 26.7 Å². The molecule has 0 aliphatic carbocycles. The molecule has 13 heavy (non-hydrogen) atoms. The minimum absolute atomic E-state index is 0.136. The molecule has 1 aliphatic heterocycles. The summed E-state index contributed by atoms with van der Waals surface area (Å²) in [5.41, 5.74) is 5.35. The first kappa shape index (κ1) is 10.5. The normalized spacial score (nSPS) is 21.8. The lowest BCUT2D eigenvalue weighted by Crippen LogP contribution is -2.33. The van der Waals surface area contributed by atoms with Gasteiger partial charge in [-0.1, -0.05) is 0 Å². The Morgan fingerprint density at radius 2 is 2.46 bits per heavy atom. The van der Waals surface area contributed by atoms with Crippen LogP contribution in [0.2, 0.25) is 0 Å². The third-order valence-electron chi connectivity index (χ3n) is 2.32. The van der Waals surface area contributed by atoms with Crippen molar-refractivity contribution in [2.24, 2.45) is 5.73 Å². The van der Waals surface area contributed by atoms with Gasteiger partial charge in [0.2, 0.25) is 5.91 Å². The van der Waals surface area contributed by atoms with Crippen molar-refractivity contribution in [1.82, 2.24) is 4.90 Å². The molecule has 0 aromatic heterocycles. The molecule has 1 atom stereocenters. The van der Waals surface area contributed by atoms with Crippen molar-refractivity contribution >= 4 is 5.91 Å². The van der Waals surface area contributed by atoms with E-state index < -0.39 is 0 Å². The number of rotatable bonds is 4. The maximum absolute atomic E-state index is 11.5. The van der Waals surface area contributed by atoms with E-state index in [4.69, 9.17) is 10.5 Å². The smallest absolute Gasteiger partial charge is 0.224 e. The van der Waals surface area contributed by atoms with E-state index in [0.717, 1.165) is 19.4 Å². The number of hydrogen-bond acceptors (Lipinski definition) is 3. The van der Waals surface area contributed by atoms with Crippen LogP contribution in [0.3, 0.4) is 0 Å². The van der Waals surface area contributed by atoms with Crippen LogP contribution in [-0.2, 0) is 9.53 Å².